The van der Waals surface area contributed by atoms with Gasteiger partial charge in [-0.3, -0.25) is 38.5 Å². The number of ether oxygens (including phenoxy) is 10. The summed E-state index contributed by atoms with van der Waals surface area (Å²) in [4.78, 5) is 92.2. The van der Waals surface area contributed by atoms with Crippen LogP contribution < -0.4 is 37.2 Å². The van der Waals surface area contributed by atoms with Crippen LogP contribution in [0.15, 0.2) is 24.3 Å². The second-order valence-corrected chi connectivity index (χ2v) is 22.6. The summed E-state index contributed by atoms with van der Waals surface area (Å²) in [5.74, 6) is -3.67. The molecule has 4 aliphatic rings. The summed E-state index contributed by atoms with van der Waals surface area (Å²) in [7, 11) is 1.66. The zero-order valence-corrected chi connectivity index (χ0v) is 52.4. The molecule has 3 heterocycles. The number of rotatable bonds is 39. The van der Waals surface area contributed by atoms with Crippen LogP contribution in [0.5, 0.6) is 0 Å². The molecule has 3 saturated heterocycles. The number of aliphatic hydroxyl groups is 9. The molecule has 1 saturated carbocycles. The van der Waals surface area contributed by atoms with Crippen molar-refractivity contribution >= 4 is 41.4 Å². The van der Waals surface area contributed by atoms with Gasteiger partial charge in [0, 0.05) is 60.0 Å². The van der Waals surface area contributed by atoms with E-state index in [-0.39, 0.29) is 110 Å². The number of carbonyl (C=O) groups excluding carboxylic acids is 7. The molecule has 16 atom stereocenters. The average molecular weight is 1320 g/mol. The Morgan fingerprint density at radius 1 is 0.500 bits per heavy atom. The largest absolute Gasteiger partial charge is 0.394 e. The Hall–Kier alpha value is -5.29. The Labute approximate surface area is 532 Å². The number of hydrogen-bond acceptors (Lipinski definition) is 27. The Morgan fingerprint density at radius 2 is 0.870 bits per heavy atom. The van der Waals surface area contributed by atoms with Crippen molar-refractivity contribution in [3.8, 4) is 0 Å². The highest BCUT2D eigenvalue weighted by molar-refractivity contribution is 5.86. The fourth-order valence-corrected chi connectivity index (χ4v) is 10.8. The van der Waals surface area contributed by atoms with E-state index in [0.717, 1.165) is 18.4 Å². The average Bonchev–Trinajstić information content (AvgIpc) is 1.24. The van der Waals surface area contributed by atoms with Crippen LogP contribution in [-0.2, 0) is 93.9 Å². The molecule has 0 bridgehead atoms. The van der Waals surface area contributed by atoms with Crippen molar-refractivity contribution in [3.63, 3.8) is 0 Å². The van der Waals surface area contributed by atoms with E-state index in [0.29, 0.717) is 18.4 Å². The summed E-state index contributed by atoms with van der Waals surface area (Å²) < 4.78 is 56.3. The van der Waals surface area contributed by atoms with Gasteiger partial charge in [0.25, 0.3) is 0 Å². The normalized spacial score (nSPS) is 29.3. The van der Waals surface area contributed by atoms with Crippen molar-refractivity contribution in [2.24, 2.45) is 5.92 Å². The van der Waals surface area contributed by atoms with Gasteiger partial charge in [0.2, 0.25) is 41.4 Å². The molecule has 1 aliphatic carbocycles. The van der Waals surface area contributed by atoms with Crippen LogP contribution >= 0.6 is 0 Å². The van der Waals surface area contributed by atoms with Crippen molar-refractivity contribution in [1.82, 2.24) is 42.1 Å². The standard InChI is InChI=1S/C58H96N8O26/c1-32(70)63-45-51(78)48(75)40(29-67)90-56(45)87-22-19-84-16-13-59-43(73)27-66(28-44(74)60-14-17-85-20-23-88-57-46(64-33(2)71)52(79)49(76)41(30-68)91-57)39(25-35-5-7-36(8-6-35)26-62-54(81)37-9-11-38(83-4)12-10-37)55(82)61-15-18-86-21-24-89-58-47(65-34(3)72)53(80)50(77)42(31-69)92-58/h5-8,37-42,45-53,56-58,67-69,75-80H,9-31H2,1-4H3,(H,59,73)(H,60,74)(H,61,82)(H,62,81)(H,63,70)(H,64,71)(H,65,72)/t37-,38-,39?,40?,41?,42?,45?,46?,47?,48?,49?,50?,51?,52?,53?,56?,57?,58?. The zero-order chi connectivity index (χ0) is 67.3. The van der Waals surface area contributed by atoms with Gasteiger partial charge in [-0.25, -0.2) is 0 Å². The molecular weight excluding hydrogens is 1220 g/mol. The second-order valence-electron chi connectivity index (χ2n) is 22.6. The van der Waals surface area contributed by atoms with Gasteiger partial charge in [-0.1, -0.05) is 24.3 Å². The highest BCUT2D eigenvalue weighted by atomic mass is 16.7. The van der Waals surface area contributed by atoms with Gasteiger partial charge in [0.1, 0.15) is 73.1 Å². The first kappa shape index (κ1) is 77.4. The lowest BCUT2D eigenvalue weighted by Gasteiger charge is -2.42. The molecule has 0 aromatic heterocycles. The number of hydrogen-bond donors (Lipinski definition) is 16. The molecule has 1 aromatic rings. The summed E-state index contributed by atoms with van der Waals surface area (Å²) >= 11 is 0. The highest BCUT2D eigenvalue weighted by Crippen LogP contribution is 2.28. The van der Waals surface area contributed by atoms with Gasteiger partial charge >= 0.3 is 0 Å². The highest BCUT2D eigenvalue weighted by Gasteiger charge is 2.48. The second kappa shape index (κ2) is 40.8. The summed E-state index contributed by atoms with van der Waals surface area (Å²) in [5.41, 5.74) is 1.39. The fourth-order valence-electron chi connectivity index (χ4n) is 10.8. The number of benzene rings is 1. The van der Waals surface area contributed by atoms with E-state index in [1.165, 1.54) is 25.7 Å². The van der Waals surface area contributed by atoms with Gasteiger partial charge in [-0.05, 0) is 43.2 Å². The maximum Gasteiger partial charge on any atom is 0.237 e. The third-order valence-electron chi connectivity index (χ3n) is 15.7. The summed E-state index contributed by atoms with van der Waals surface area (Å²) in [6.07, 6.45) is -13.5. The van der Waals surface area contributed by atoms with Crippen molar-refractivity contribution < 1.29 is 127 Å². The van der Waals surface area contributed by atoms with Crippen LogP contribution in [0.3, 0.4) is 0 Å². The smallest absolute Gasteiger partial charge is 0.237 e. The first-order chi connectivity index (χ1) is 44.1. The minimum Gasteiger partial charge on any atom is -0.394 e. The molecule has 16 unspecified atom stereocenters. The Balaban J connectivity index is 1.24. The van der Waals surface area contributed by atoms with Gasteiger partial charge in [-0.2, -0.15) is 0 Å². The lowest BCUT2D eigenvalue weighted by molar-refractivity contribution is -0.272. The van der Waals surface area contributed by atoms with Crippen LogP contribution in [0.4, 0.5) is 0 Å². The molecule has 34 nitrogen and oxygen atoms in total. The van der Waals surface area contributed by atoms with Crippen molar-refractivity contribution in [2.45, 2.75) is 163 Å². The van der Waals surface area contributed by atoms with Crippen molar-refractivity contribution in [2.75, 3.05) is 119 Å². The Morgan fingerprint density at radius 3 is 1.23 bits per heavy atom. The Kier molecular flexibility index (Phi) is 34.4. The van der Waals surface area contributed by atoms with E-state index in [9.17, 15) is 79.5 Å². The van der Waals surface area contributed by atoms with E-state index in [1.807, 2.05) is 0 Å². The lowest BCUT2D eigenvalue weighted by Crippen LogP contribution is -2.64. The summed E-state index contributed by atoms with van der Waals surface area (Å²) in [5, 5.41) is 110. The minimum absolute atomic E-state index is 0.0417. The van der Waals surface area contributed by atoms with E-state index < -0.39 is 166 Å². The van der Waals surface area contributed by atoms with Gasteiger partial charge < -0.3 is 131 Å². The maximum absolute atomic E-state index is 14.5. The summed E-state index contributed by atoms with van der Waals surface area (Å²) in [6, 6.07) is 2.36. The molecule has 7 amide bonds. The number of carbonyl (C=O) groups is 7. The van der Waals surface area contributed by atoms with Crippen LogP contribution in [0.1, 0.15) is 57.6 Å². The molecule has 34 heteroatoms. The quantitative estimate of drug-likeness (QED) is 0.0272. The number of nitrogens with zero attached hydrogens (tertiary/aromatic N) is 1. The predicted octanol–water partition coefficient (Wildman–Crippen LogP) is -8.00. The van der Waals surface area contributed by atoms with Crippen LogP contribution in [0.2, 0.25) is 0 Å². The SMILES string of the molecule is CO[C@H]1CC[C@H](C(=O)NCc2ccc(CC(C(=O)NCCOCCOC3OC(CO)C(O)C(O)C3NC(C)=O)N(CC(=O)NCCOCCOC3OC(CO)C(O)C(O)C3NC(C)=O)CC(=O)NCCOCCOC3OC(CO)C(O)C(O)C3NC(C)=O)cc2)CC1. The minimum atomic E-state index is -1.53. The molecule has 16 N–H and O–H groups in total. The fraction of sp³-hybridized carbons (Fsp3) is 0.776. The van der Waals surface area contributed by atoms with E-state index in [2.05, 4.69) is 37.2 Å². The number of nitrogens with one attached hydrogen (secondary N) is 7. The zero-order valence-electron chi connectivity index (χ0n) is 52.4. The number of aliphatic hydroxyl groups excluding tert-OH is 9. The molecule has 0 spiro atoms. The van der Waals surface area contributed by atoms with Gasteiger partial charge in [0.15, 0.2) is 18.9 Å². The number of methoxy groups -OCH3 is 1. The summed E-state index contributed by atoms with van der Waals surface area (Å²) in [6.45, 7) is -0.198. The molecule has 4 fully saturated rings. The molecule has 5 rings (SSSR count). The lowest BCUT2D eigenvalue weighted by atomic mass is 9.87. The Bertz CT molecular complexity index is 2320. The molecule has 3 aliphatic heterocycles. The molecule has 0 radical (unpaired) electrons. The first-order valence-corrected chi connectivity index (χ1v) is 30.8. The van der Waals surface area contributed by atoms with E-state index >= 15 is 0 Å². The van der Waals surface area contributed by atoms with E-state index in [1.54, 1.807) is 31.4 Å². The third kappa shape index (κ3) is 25.1. The van der Waals surface area contributed by atoms with E-state index in [4.69, 9.17) is 47.4 Å². The topological polar surface area (TPSA) is 481 Å². The van der Waals surface area contributed by atoms with Gasteiger partial charge in [-0.15, -0.1) is 0 Å². The molecular formula is C58H96N8O26. The van der Waals surface area contributed by atoms with Gasteiger partial charge in [0.05, 0.1) is 105 Å². The van der Waals surface area contributed by atoms with Crippen LogP contribution in [-0.4, -0.2) is 315 Å². The monoisotopic (exact) mass is 1320 g/mol. The van der Waals surface area contributed by atoms with Crippen molar-refractivity contribution in [3.05, 3.63) is 35.4 Å². The first-order valence-electron chi connectivity index (χ1n) is 30.8. The number of amides is 7. The molecule has 524 valence electrons. The predicted molar refractivity (Wildman–Crippen MR) is 316 cm³/mol. The molecule has 1 aromatic carbocycles. The van der Waals surface area contributed by atoms with Crippen LogP contribution in [0, 0.1) is 5.92 Å². The maximum atomic E-state index is 14.5. The third-order valence-corrected chi connectivity index (χ3v) is 15.7. The van der Waals surface area contributed by atoms with Crippen LogP contribution in [0.25, 0.3) is 0 Å². The van der Waals surface area contributed by atoms with Crippen molar-refractivity contribution in [1.29, 1.82) is 0 Å². The molecule has 92 heavy (non-hydrogen) atoms.